The molecule has 1 atom stereocenters. The Morgan fingerprint density at radius 2 is 2.32 bits per heavy atom. The van der Waals surface area contributed by atoms with Gasteiger partial charge in [-0.05, 0) is 31.4 Å². The number of hydrogen-bond acceptors (Lipinski definition) is 5. The lowest BCUT2D eigenvalue weighted by Gasteiger charge is -2.29. The first-order valence-corrected chi connectivity index (χ1v) is 9.93. The number of hydrogen-bond donors (Lipinski definition) is 1. The summed E-state index contributed by atoms with van der Waals surface area (Å²) >= 11 is 1.64. The molecule has 0 bridgehead atoms. The van der Waals surface area contributed by atoms with Crippen LogP contribution in [0.2, 0.25) is 0 Å². The minimum Gasteiger partial charge on any atom is -0.273 e. The van der Waals surface area contributed by atoms with Gasteiger partial charge < -0.3 is 0 Å². The predicted molar refractivity (Wildman–Crippen MR) is 88.6 cm³/mol. The van der Waals surface area contributed by atoms with Crippen LogP contribution in [0.1, 0.15) is 29.5 Å². The molecule has 0 spiro atoms. The minimum absolute atomic E-state index is 0.225. The molecule has 0 aromatic carbocycles. The van der Waals surface area contributed by atoms with Crippen molar-refractivity contribution in [3.8, 4) is 0 Å². The summed E-state index contributed by atoms with van der Waals surface area (Å²) in [4.78, 5) is 14.3. The van der Waals surface area contributed by atoms with Crippen molar-refractivity contribution in [2.75, 3.05) is 19.3 Å². The fourth-order valence-corrected chi connectivity index (χ4v) is 4.10. The third-order valence-electron chi connectivity index (χ3n) is 3.62. The molecule has 8 heteroatoms. The van der Waals surface area contributed by atoms with E-state index in [2.05, 4.69) is 17.5 Å². The summed E-state index contributed by atoms with van der Waals surface area (Å²) in [6.07, 6.45) is 5.16. The van der Waals surface area contributed by atoms with Crippen LogP contribution in [-0.2, 0) is 21.2 Å². The highest BCUT2D eigenvalue weighted by Crippen LogP contribution is 2.19. The number of carbonyl (C=O) groups is 1. The second-order valence-electron chi connectivity index (χ2n) is 5.35. The summed E-state index contributed by atoms with van der Waals surface area (Å²) in [7, 11) is -3.24. The molecule has 22 heavy (non-hydrogen) atoms. The maximum Gasteiger partial charge on any atom is 0.244 e. The zero-order chi connectivity index (χ0) is 16.2. The first kappa shape index (κ1) is 17.1. The van der Waals surface area contributed by atoms with E-state index in [4.69, 9.17) is 0 Å². The molecule has 2 heterocycles. The second-order valence-corrected chi connectivity index (χ2v) is 8.53. The molecule has 1 unspecified atom stereocenters. The van der Waals surface area contributed by atoms with Crippen molar-refractivity contribution in [3.05, 3.63) is 21.9 Å². The highest BCUT2D eigenvalue weighted by atomic mass is 32.2. The molecule has 122 valence electrons. The van der Waals surface area contributed by atoms with Crippen LogP contribution in [0.25, 0.3) is 0 Å². The number of amides is 1. The number of thiophene rings is 1. The monoisotopic (exact) mass is 343 g/mol. The van der Waals surface area contributed by atoms with Gasteiger partial charge in [-0.25, -0.2) is 18.1 Å². The number of carbonyl (C=O) groups excluding carboxylic acids is 1. The van der Waals surface area contributed by atoms with Gasteiger partial charge in [0.15, 0.2) is 0 Å². The highest BCUT2D eigenvalue weighted by molar-refractivity contribution is 7.88. The fraction of sp³-hybridized carbons (Fsp3) is 0.571. The number of nitrogens with one attached hydrogen (secondary N) is 1. The summed E-state index contributed by atoms with van der Waals surface area (Å²) in [5, 5.41) is 3.97. The maximum absolute atomic E-state index is 12.1. The molecule has 6 nitrogen and oxygen atoms in total. The molecule has 2 rings (SSSR count). The van der Waals surface area contributed by atoms with Crippen molar-refractivity contribution < 1.29 is 13.2 Å². The van der Waals surface area contributed by atoms with Gasteiger partial charge in [0.25, 0.3) is 0 Å². The highest BCUT2D eigenvalue weighted by Gasteiger charge is 2.29. The van der Waals surface area contributed by atoms with E-state index in [0.29, 0.717) is 19.4 Å². The Hall–Kier alpha value is -1.25. The molecular formula is C14H21N3O3S2. The molecule has 0 radical (unpaired) electrons. The molecule has 1 N–H and O–H groups in total. The average molecular weight is 343 g/mol. The normalized spacial score (nSPS) is 20.4. The molecule has 1 aromatic rings. The van der Waals surface area contributed by atoms with Crippen molar-refractivity contribution in [1.29, 1.82) is 0 Å². The van der Waals surface area contributed by atoms with Crippen molar-refractivity contribution in [1.82, 2.24) is 9.73 Å². The van der Waals surface area contributed by atoms with Crippen molar-refractivity contribution in [2.24, 2.45) is 11.0 Å². The molecule has 1 aliphatic heterocycles. The maximum atomic E-state index is 12.1. The lowest BCUT2D eigenvalue weighted by atomic mass is 9.99. The average Bonchev–Trinajstić information content (AvgIpc) is 2.94. The van der Waals surface area contributed by atoms with Gasteiger partial charge >= 0.3 is 0 Å². The first-order valence-electron chi connectivity index (χ1n) is 7.27. The molecule has 1 fully saturated rings. The van der Waals surface area contributed by atoms with E-state index >= 15 is 0 Å². The van der Waals surface area contributed by atoms with Gasteiger partial charge in [-0.1, -0.05) is 6.92 Å². The lowest BCUT2D eigenvalue weighted by molar-refractivity contribution is -0.126. The smallest absolute Gasteiger partial charge is 0.244 e. The van der Waals surface area contributed by atoms with Gasteiger partial charge in [-0.3, -0.25) is 4.79 Å². The number of sulfonamides is 1. The quantitative estimate of drug-likeness (QED) is 0.649. The molecule has 1 saturated heterocycles. The van der Waals surface area contributed by atoms with Crippen LogP contribution in [-0.4, -0.2) is 44.2 Å². The van der Waals surface area contributed by atoms with Gasteiger partial charge in [0.2, 0.25) is 15.9 Å². The van der Waals surface area contributed by atoms with Crippen LogP contribution in [0, 0.1) is 5.92 Å². The van der Waals surface area contributed by atoms with E-state index in [0.717, 1.165) is 11.3 Å². The molecule has 0 aliphatic carbocycles. The van der Waals surface area contributed by atoms with Crippen LogP contribution in [0.15, 0.2) is 17.2 Å². The van der Waals surface area contributed by atoms with Gasteiger partial charge in [0.05, 0.1) is 18.4 Å². The predicted octanol–water partition coefficient (Wildman–Crippen LogP) is 1.43. The van der Waals surface area contributed by atoms with Gasteiger partial charge in [0, 0.05) is 22.8 Å². The van der Waals surface area contributed by atoms with E-state index in [9.17, 15) is 13.2 Å². The summed E-state index contributed by atoms with van der Waals surface area (Å²) in [5.74, 6) is -0.563. The Morgan fingerprint density at radius 1 is 1.55 bits per heavy atom. The van der Waals surface area contributed by atoms with E-state index < -0.39 is 10.0 Å². The Labute approximate surface area is 135 Å². The standard InChI is InChI=1S/C14H21N3O3S2/c1-3-12-6-7-13(21-12)9-15-16-14(18)11-5-4-8-17(10-11)22(2,19)20/h6-7,9,11H,3-5,8,10H2,1-2H3,(H,16,18)/b15-9+. The Morgan fingerprint density at radius 3 is 2.95 bits per heavy atom. The topological polar surface area (TPSA) is 78.8 Å². The van der Waals surface area contributed by atoms with E-state index in [1.807, 2.05) is 12.1 Å². The second kappa shape index (κ2) is 7.34. The van der Waals surface area contributed by atoms with Crippen LogP contribution in [0.4, 0.5) is 0 Å². The van der Waals surface area contributed by atoms with Crippen LogP contribution >= 0.6 is 11.3 Å². The number of piperidine rings is 1. The van der Waals surface area contributed by atoms with E-state index in [-0.39, 0.29) is 18.4 Å². The number of hydrazone groups is 1. The summed E-state index contributed by atoms with van der Waals surface area (Å²) < 4.78 is 24.5. The summed E-state index contributed by atoms with van der Waals surface area (Å²) in [6.45, 7) is 2.81. The van der Waals surface area contributed by atoms with E-state index in [1.165, 1.54) is 15.4 Å². The van der Waals surface area contributed by atoms with Crippen molar-refractivity contribution in [2.45, 2.75) is 26.2 Å². The Bertz CT molecular complexity index is 652. The van der Waals surface area contributed by atoms with Gasteiger partial charge in [0.1, 0.15) is 0 Å². The number of aryl methyl sites for hydroxylation is 1. The molecule has 1 amide bonds. The van der Waals surface area contributed by atoms with Crippen LogP contribution < -0.4 is 5.43 Å². The summed E-state index contributed by atoms with van der Waals surface area (Å²) in [6, 6.07) is 4.00. The van der Waals surface area contributed by atoms with Crippen LogP contribution in [0.5, 0.6) is 0 Å². The lowest BCUT2D eigenvalue weighted by Crippen LogP contribution is -2.44. The molecule has 0 saturated carbocycles. The Balaban J connectivity index is 1.89. The molecule has 1 aromatic heterocycles. The fourth-order valence-electron chi connectivity index (χ4n) is 2.36. The molecule has 1 aliphatic rings. The zero-order valence-electron chi connectivity index (χ0n) is 12.8. The SMILES string of the molecule is CCc1ccc(/C=N/NC(=O)C2CCCN(S(C)(=O)=O)C2)s1. The van der Waals surface area contributed by atoms with E-state index in [1.54, 1.807) is 17.6 Å². The number of nitrogens with zero attached hydrogens (tertiary/aromatic N) is 2. The number of rotatable bonds is 5. The first-order chi connectivity index (χ1) is 10.4. The third-order valence-corrected chi connectivity index (χ3v) is 6.06. The van der Waals surface area contributed by atoms with Gasteiger partial charge in [-0.2, -0.15) is 5.10 Å². The summed E-state index contributed by atoms with van der Waals surface area (Å²) in [5.41, 5.74) is 2.52. The van der Waals surface area contributed by atoms with Gasteiger partial charge in [-0.15, -0.1) is 11.3 Å². The third kappa shape index (κ3) is 4.62. The molecular weight excluding hydrogens is 322 g/mol. The Kier molecular flexibility index (Phi) is 5.71. The van der Waals surface area contributed by atoms with Crippen LogP contribution in [0.3, 0.4) is 0 Å². The largest absolute Gasteiger partial charge is 0.273 e. The van der Waals surface area contributed by atoms with Crippen molar-refractivity contribution in [3.63, 3.8) is 0 Å². The minimum atomic E-state index is -3.24. The zero-order valence-corrected chi connectivity index (χ0v) is 14.4. The van der Waals surface area contributed by atoms with Crippen molar-refractivity contribution >= 4 is 33.5 Å².